The van der Waals surface area contributed by atoms with Gasteiger partial charge in [-0.2, -0.15) is 0 Å². The molecule has 0 radical (unpaired) electrons. The molecule has 0 aliphatic heterocycles. The van der Waals surface area contributed by atoms with Crippen molar-refractivity contribution in [2.75, 3.05) is 0 Å². The van der Waals surface area contributed by atoms with Gasteiger partial charge in [0.2, 0.25) is 0 Å². The van der Waals surface area contributed by atoms with Gasteiger partial charge in [0, 0.05) is 0 Å². The van der Waals surface area contributed by atoms with Gasteiger partial charge in [-0.3, -0.25) is 0 Å². The van der Waals surface area contributed by atoms with Crippen LogP contribution in [0.15, 0.2) is 9.70 Å². The van der Waals surface area contributed by atoms with E-state index in [-0.39, 0.29) is 20.9 Å². The standard InChI is InChI=1S/C5H10Te/c1-4-5(2)6-3/h4H,1-3H3/b5-4-. The van der Waals surface area contributed by atoms with Crippen LogP contribution in [0.3, 0.4) is 0 Å². The number of rotatable bonds is 1. The van der Waals surface area contributed by atoms with Crippen molar-refractivity contribution in [1.29, 1.82) is 0 Å². The molecule has 0 aromatic rings. The van der Waals surface area contributed by atoms with Crippen molar-refractivity contribution in [1.82, 2.24) is 0 Å². The van der Waals surface area contributed by atoms with Crippen LogP contribution in [-0.4, -0.2) is 20.9 Å². The monoisotopic (exact) mass is 200 g/mol. The van der Waals surface area contributed by atoms with Crippen molar-refractivity contribution < 1.29 is 0 Å². The summed E-state index contributed by atoms with van der Waals surface area (Å²) in [5, 5.41) is 0. The molecule has 1 heteroatoms. The van der Waals surface area contributed by atoms with Gasteiger partial charge in [-0.15, -0.1) is 0 Å². The molecule has 0 atom stereocenters. The summed E-state index contributed by atoms with van der Waals surface area (Å²) in [4.78, 5) is 2.29. The summed E-state index contributed by atoms with van der Waals surface area (Å²) in [6, 6.07) is 0. The fourth-order valence-electron chi connectivity index (χ4n) is 0.118. The van der Waals surface area contributed by atoms with E-state index >= 15 is 0 Å². The molecular formula is C5H10Te. The van der Waals surface area contributed by atoms with E-state index in [1.807, 2.05) is 0 Å². The zero-order valence-corrected chi connectivity index (χ0v) is 6.82. The summed E-state index contributed by atoms with van der Waals surface area (Å²) < 4.78 is 1.60. The average Bonchev–Trinajstić information content (AvgIpc) is 1.65. The van der Waals surface area contributed by atoms with E-state index < -0.39 is 0 Å². The molecule has 0 aliphatic carbocycles. The van der Waals surface area contributed by atoms with E-state index in [2.05, 4.69) is 24.9 Å². The maximum absolute atomic E-state index is 2.29. The summed E-state index contributed by atoms with van der Waals surface area (Å²) in [7, 11) is 0. The third-order valence-electron chi connectivity index (χ3n) is 0.729. The van der Waals surface area contributed by atoms with Gasteiger partial charge in [-0.1, -0.05) is 0 Å². The summed E-state index contributed by atoms with van der Waals surface area (Å²) in [5.74, 6) is 0. The Hall–Kier alpha value is 0.530. The summed E-state index contributed by atoms with van der Waals surface area (Å²) >= 11 is 0.263. The van der Waals surface area contributed by atoms with Gasteiger partial charge in [-0.05, 0) is 0 Å². The van der Waals surface area contributed by atoms with Gasteiger partial charge in [0.05, 0.1) is 0 Å². The van der Waals surface area contributed by atoms with E-state index in [0.717, 1.165) is 0 Å². The van der Waals surface area contributed by atoms with Crippen LogP contribution in [0.5, 0.6) is 0 Å². The maximum atomic E-state index is 2.29. The Labute approximate surface area is 49.7 Å². The number of allylic oxidation sites excluding steroid dienone is 2. The van der Waals surface area contributed by atoms with E-state index in [0.29, 0.717) is 0 Å². The Balaban J connectivity index is 3.22. The van der Waals surface area contributed by atoms with Crippen molar-refractivity contribution in [3.8, 4) is 0 Å². The fourth-order valence-corrected chi connectivity index (χ4v) is 0.791. The Morgan fingerprint density at radius 1 is 1.67 bits per heavy atom. The van der Waals surface area contributed by atoms with E-state index in [4.69, 9.17) is 0 Å². The third kappa shape index (κ3) is 2.75. The van der Waals surface area contributed by atoms with Gasteiger partial charge in [0.25, 0.3) is 0 Å². The van der Waals surface area contributed by atoms with Crippen LogP contribution in [0.2, 0.25) is 4.97 Å². The van der Waals surface area contributed by atoms with Gasteiger partial charge in [-0.25, -0.2) is 0 Å². The number of hydrogen-bond donors (Lipinski definition) is 0. The Kier molecular flexibility index (Phi) is 4.04. The molecule has 0 N–H and O–H groups in total. The SMILES string of the molecule is C/C=C(/C)[Te]C. The zero-order chi connectivity index (χ0) is 4.99. The summed E-state index contributed by atoms with van der Waals surface area (Å²) in [6.45, 7) is 4.30. The second-order valence-electron chi connectivity index (χ2n) is 1.10. The Bertz CT molecular complexity index is 55.0. The first kappa shape index (κ1) is 6.53. The van der Waals surface area contributed by atoms with Crippen LogP contribution in [0.4, 0.5) is 0 Å². The fraction of sp³-hybridized carbons (Fsp3) is 0.600. The molecule has 0 saturated heterocycles. The molecule has 6 heavy (non-hydrogen) atoms. The molecule has 0 saturated carbocycles. The molecule has 0 heterocycles. The molecule has 0 spiro atoms. The topological polar surface area (TPSA) is 0 Å². The average molecular weight is 198 g/mol. The van der Waals surface area contributed by atoms with Crippen molar-refractivity contribution in [3.63, 3.8) is 0 Å². The van der Waals surface area contributed by atoms with Gasteiger partial charge < -0.3 is 0 Å². The van der Waals surface area contributed by atoms with Crippen molar-refractivity contribution >= 4 is 20.9 Å². The van der Waals surface area contributed by atoms with Crippen LogP contribution < -0.4 is 0 Å². The molecule has 0 rings (SSSR count). The van der Waals surface area contributed by atoms with E-state index in [1.54, 1.807) is 3.62 Å². The van der Waals surface area contributed by atoms with Crippen molar-refractivity contribution in [2.24, 2.45) is 0 Å². The molecule has 0 unspecified atom stereocenters. The van der Waals surface area contributed by atoms with Gasteiger partial charge in [0.15, 0.2) is 0 Å². The Morgan fingerprint density at radius 3 is 2.17 bits per heavy atom. The van der Waals surface area contributed by atoms with Gasteiger partial charge in [0.1, 0.15) is 0 Å². The Morgan fingerprint density at radius 2 is 2.17 bits per heavy atom. The first-order valence-corrected chi connectivity index (χ1v) is 5.47. The molecule has 0 aromatic heterocycles. The molecule has 0 aromatic carbocycles. The normalized spacial score (nSPS) is 12.2. The van der Waals surface area contributed by atoms with Crippen molar-refractivity contribution in [2.45, 2.75) is 18.8 Å². The third-order valence-corrected chi connectivity index (χ3v) is 3.24. The zero-order valence-electron chi connectivity index (χ0n) is 4.49. The molecule has 0 amide bonds. The van der Waals surface area contributed by atoms with Crippen LogP contribution >= 0.6 is 0 Å². The predicted molar refractivity (Wildman–Crippen MR) is 31.0 cm³/mol. The molecule has 0 aliphatic rings. The molecule has 0 nitrogen and oxygen atoms in total. The van der Waals surface area contributed by atoms with Gasteiger partial charge >= 0.3 is 49.4 Å². The second-order valence-corrected chi connectivity index (χ2v) is 4.11. The minimum absolute atomic E-state index is 0.263. The van der Waals surface area contributed by atoms with Crippen LogP contribution in [-0.2, 0) is 0 Å². The minimum atomic E-state index is 0.263. The van der Waals surface area contributed by atoms with E-state index in [9.17, 15) is 0 Å². The van der Waals surface area contributed by atoms with E-state index in [1.165, 1.54) is 0 Å². The van der Waals surface area contributed by atoms with Crippen LogP contribution in [0, 0.1) is 0 Å². The second kappa shape index (κ2) is 3.71. The molecule has 0 bridgehead atoms. The summed E-state index contributed by atoms with van der Waals surface area (Å²) in [5.41, 5.74) is 0. The quantitative estimate of drug-likeness (QED) is 0.561. The number of hydrogen-bond acceptors (Lipinski definition) is 0. The predicted octanol–water partition coefficient (Wildman–Crippen LogP) is 1.66. The molecule has 36 valence electrons. The van der Waals surface area contributed by atoms with Crippen LogP contribution in [0.1, 0.15) is 13.8 Å². The molecular weight excluding hydrogens is 188 g/mol. The first-order valence-electron chi connectivity index (χ1n) is 1.98. The molecule has 0 fully saturated rings. The van der Waals surface area contributed by atoms with Crippen molar-refractivity contribution in [3.05, 3.63) is 9.70 Å². The first-order chi connectivity index (χ1) is 2.81. The van der Waals surface area contributed by atoms with Crippen LogP contribution in [0.25, 0.3) is 0 Å². The summed E-state index contributed by atoms with van der Waals surface area (Å²) in [6.07, 6.45) is 2.20.